The van der Waals surface area contributed by atoms with Gasteiger partial charge >= 0.3 is 0 Å². The zero-order valence-corrected chi connectivity index (χ0v) is 18.2. The number of nitrogens with zero attached hydrogens (tertiary/aromatic N) is 4. The van der Waals surface area contributed by atoms with Gasteiger partial charge in [-0.1, -0.05) is 59.8 Å². The fourth-order valence-electron chi connectivity index (χ4n) is 3.21. The van der Waals surface area contributed by atoms with Crippen molar-refractivity contribution in [3.05, 3.63) is 76.3 Å². The van der Waals surface area contributed by atoms with Crippen LogP contribution in [0.4, 0.5) is 4.39 Å². The first-order valence-electron chi connectivity index (χ1n) is 9.79. The summed E-state index contributed by atoms with van der Waals surface area (Å²) in [5.74, 6) is 1.10. The maximum atomic E-state index is 14.0. The van der Waals surface area contributed by atoms with Gasteiger partial charge in [-0.05, 0) is 30.5 Å². The van der Waals surface area contributed by atoms with E-state index in [4.69, 9.17) is 11.6 Å². The third-order valence-corrected chi connectivity index (χ3v) is 6.38. The summed E-state index contributed by atoms with van der Waals surface area (Å²) in [6.45, 7) is 0.797. The van der Waals surface area contributed by atoms with Crippen molar-refractivity contribution in [2.24, 2.45) is 0 Å². The molecule has 156 valence electrons. The number of thioether (sulfide) groups is 1. The first-order valence-corrected chi connectivity index (χ1v) is 11.2. The average Bonchev–Trinajstić information content (AvgIpc) is 3.51. The van der Waals surface area contributed by atoms with Crippen LogP contribution in [0.3, 0.4) is 0 Å². The molecule has 0 unspecified atom stereocenters. The number of benzene rings is 2. The number of rotatable bonds is 8. The fourth-order valence-corrected chi connectivity index (χ4v) is 4.32. The van der Waals surface area contributed by atoms with Crippen molar-refractivity contribution in [1.29, 1.82) is 0 Å². The molecule has 1 aliphatic rings. The van der Waals surface area contributed by atoms with Crippen molar-refractivity contribution < 1.29 is 9.18 Å². The molecule has 8 heteroatoms. The maximum absolute atomic E-state index is 14.0. The van der Waals surface area contributed by atoms with Crippen molar-refractivity contribution in [3.63, 3.8) is 0 Å². The fraction of sp³-hybridized carbons (Fsp3) is 0.318. The highest BCUT2D eigenvalue weighted by Crippen LogP contribution is 2.40. The maximum Gasteiger partial charge on any atom is 0.233 e. The Morgan fingerprint density at radius 2 is 1.97 bits per heavy atom. The van der Waals surface area contributed by atoms with E-state index in [1.54, 1.807) is 19.2 Å². The molecule has 0 radical (unpaired) electrons. The van der Waals surface area contributed by atoms with Crippen LogP contribution in [-0.2, 0) is 17.9 Å². The second-order valence-corrected chi connectivity index (χ2v) is 8.78. The predicted molar refractivity (Wildman–Crippen MR) is 116 cm³/mol. The number of carbonyl (C=O) groups excluding carboxylic acids is 1. The number of hydrogen-bond donors (Lipinski definition) is 0. The molecule has 0 bridgehead atoms. The van der Waals surface area contributed by atoms with E-state index in [0.29, 0.717) is 23.0 Å². The molecule has 0 saturated heterocycles. The minimum Gasteiger partial charge on any atom is -0.341 e. The van der Waals surface area contributed by atoms with Gasteiger partial charge in [0.2, 0.25) is 5.91 Å². The van der Waals surface area contributed by atoms with Crippen LogP contribution >= 0.6 is 23.4 Å². The van der Waals surface area contributed by atoms with Crippen LogP contribution in [-0.4, -0.2) is 38.4 Å². The van der Waals surface area contributed by atoms with Crippen LogP contribution in [0.1, 0.15) is 35.7 Å². The molecule has 0 N–H and O–H groups in total. The van der Waals surface area contributed by atoms with Crippen LogP contribution < -0.4 is 0 Å². The lowest BCUT2D eigenvalue weighted by molar-refractivity contribution is -0.127. The summed E-state index contributed by atoms with van der Waals surface area (Å²) in [5, 5.41) is 9.78. The van der Waals surface area contributed by atoms with Gasteiger partial charge in [-0.2, -0.15) is 0 Å². The van der Waals surface area contributed by atoms with E-state index in [1.807, 2.05) is 18.2 Å². The summed E-state index contributed by atoms with van der Waals surface area (Å²) in [5.41, 5.74) is 1.49. The zero-order chi connectivity index (χ0) is 21.1. The lowest BCUT2D eigenvalue weighted by Gasteiger charge is -2.18. The van der Waals surface area contributed by atoms with Gasteiger partial charge in [0.05, 0.1) is 12.3 Å². The molecule has 30 heavy (non-hydrogen) atoms. The van der Waals surface area contributed by atoms with Crippen molar-refractivity contribution in [3.8, 4) is 0 Å². The summed E-state index contributed by atoms with van der Waals surface area (Å²) in [7, 11) is 1.65. The van der Waals surface area contributed by atoms with E-state index in [0.717, 1.165) is 23.8 Å². The normalized spacial score (nSPS) is 13.4. The topological polar surface area (TPSA) is 51.0 Å². The molecule has 0 spiro atoms. The Kier molecular flexibility index (Phi) is 6.39. The monoisotopic (exact) mass is 444 g/mol. The molecule has 3 aromatic rings. The van der Waals surface area contributed by atoms with Gasteiger partial charge in [-0.25, -0.2) is 4.39 Å². The number of aromatic nitrogens is 3. The summed E-state index contributed by atoms with van der Waals surface area (Å²) >= 11 is 7.44. The predicted octanol–water partition coefficient (Wildman–Crippen LogP) is 4.75. The summed E-state index contributed by atoms with van der Waals surface area (Å²) in [6, 6.07) is 14.7. The van der Waals surface area contributed by atoms with Crippen LogP contribution in [0.15, 0.2) is 53.7 Å². The molecule has 1 aromatic heterocycles. The van der Waals surface area contributed by atoms with Gasteiger partial charge in [-0.15, -0.1) is 10.2 Å². The Bertz CT molecular complexity index is 1020. The van der Waals surface area contributed by atoms with Crippen molar-refractivity contribution in [2.45, 2.75) is 37.0 Å². The van der Waals surface area contributed by atoms with Crippen molar-refractivity contribution >= 4 is 29.3 Å². The first kappa shape index (κ1) is 20.9. The van der Waals surface area contributed by atoms with Crippen LogP contribution in [0.25, 0.3) is 0 Å². The molecular formula is C22H22ClFN4OS. The average molecular weight is 445 g/mol. The Hall–Kier alpha value is -2.38. The molecule has 4 rings (SSSR count). The largest absolute Gasteiger partial charge is 0.341 e. The molecule has 1 saturated carbocycles. The lowest BCUT2D eigenvalue weighted by atomic mass is 10.2. The van der Waals surface area contributed by atoms with Gasteiger partial charge < -0.3 is 9.47 Å². The quantitative estimate of drug-likeness (QED) is 0.470. The highest BCUT2D eigenvalue weighted by Gasteiger charge is 2.30. The number of halogens is 2. The van der Waals surface area contributed by atoms with E-state index in [9.17, 15) is 9.18 Å². The standard InChI is InChI=1S/C22H22ClFN4OS/c1-27(13-17-18(23)8-5-9-19(17)24)20(29)14-30-22-26-25-21(16-10-11-16)28(22)12-15-6-3-2-4-7-15/h2-9,16H,10-14H2,1H3. The number of hydrogen-bond acceptors (Lipinski definition) is 4. The van der Waals surface area contributed by atoms with Crippen molar-refractivity contribution in [1.82, 2.24) is 19.7 Å². The van der Waals surface area contributed by atoms with Gasteiger partial charge in [0, 0.05) is 30.1 Å². The smallest absolute Gasteiger partial charge is 0.233 e. The molecule has 2 aromatic carbocycles. The summed E-state index contributed by atoms with van der Waals surface area (Å²) in [4.78, 5) is 14.1. The van der Waals surface area contributed by atoms with Crippen LogP contribution in [0.2, 0.25) is 5.02 Å². The molecule has 5 nitrogen and oxygen atoms in total. The molecule has 1 amide bonds. The highest BCUT2D eigenvalue weighted by atomic mass is 35.5. The second-order valence-electron chi connectivity index (χ2n) is 7.43. The number of carbonyl (C=O) groups is 1. The zero-order valence-electron chi connectivity index (χ0n) is 16.6. The van der Waals surface area contributed by atoms with Crippen LogP contribution in [0.5, 0.6) is 0 Å². The molecule has 1 aliphatic carbocycles. The summed E-state index contributed by atoms with van der Waals surface area (Å²) in [6.07, 6.45) is 2.26. The Morgan fingerprint density at radius 1 is 1.20 bits per heavy atom. The minimum atomic E-state index is -0.411. The summed E-state index contributed by atoms with van der Waals surface area (Å²) < 4.78 is 16.1. The third-order valence-electron chi connectivity index (χ3n) is 5.08. The van der Waals surface area contributed by atoms with E-state index >= 15 is 0 Å². The van der Waals surface area contributed by atoms with Gasteiger partial charge in [0.1, 0.15) is 11.6 Å². The second kappa shape index (κ2) is 9.18. The molecular weight excluding hydrogens is 423 g/mol. The van der Waals surface area contributed by atoms with E-state index in [1.165, 1.54) is 28.3 Å². The van der Waals surface area contributed by atoms with Crippen molar-refractivity contribution in [2.75, 3.05) is 12.8 Å². The Morgan fingerprint density at radius 3 is 2.67 bits per heavy atom. The number of amides is 1. The molecule has 1 heterocycles. The SMILES string of the molecule is CN(Cc1c(F)cccc1Cl)C(=O)CSc1nnc(C2CC2)n1Cc1ccccc1. The van der Waals surface area contributed by atoms with Crippen LogP contribution in [0, 0.1) is 5.82 Å². The molecule has 0 atom stereocenters. The van der Waals surface area contributed by atoms with Gasteiger partial charge in [-0.3, -0.25) is 4.79 Å². The lowest BCUT2D eigenvalue weighted by Crippen LogP contribution is -2.28. The minimum absolute atomic E-state index is 0.120. The van der Waals surface area contributed by atoms with E-state index in [2.05, 4.69) is 26.9 Å². The third kappa shape index (κ3) is 4.84. The first-order chi connectivity index (χ1) is 14.5. The Balaban J connectivity index is 1.43. The molecule has 0 aliphatic heterocycles. The van der Waals surface area contributed by atoms with E-state index in [-0.39, 0.29) is 18.2 Å². The van der Waals surface area contributed by atoms with Gasteiger partial charge in [0.15, 0.2) is 5.16 Å². The highest BCUT2D eigenvalue weighted by molar-refractivity contribution is 7.99. The van der Waals surface area contributed by atoms with E-state index < -0.39 is 5.82 Å². The molecule has 1 fully saturated rings. The Labute approximate surface area is 184 Å². The van der Waals surface area contributed by atoms with Gasteiger partial charge in [0.25, 0.3) is 0 Å².